The van der Waals surface area contributed by atoms with Gasteiger partial charge in [-0.3, -0.25) is 0 Å². The highest BCUT2D eigenvalue weighted by Gasteiger charge is 2.19. The van der Waals surface area contributed by atoms with Crippen LogP contribution in [0.3, 0.4) is 0 Å². The molecular formula is C24H24NO2+. The van der Waals surface area contributed by atoms with Gasteiger partial charge in [-0.05, 0) is 54.3 Å². The van der Waals surface area contributed by atoms with E-state index in [9.17, 15) is 9.90 Å². The third kappa shape index (κ3) is 3.98. The van der Waals surface area contributed by atoms with Gasteiger partial charge in [-0.15, -0.1) is 0 Å². The summed E-state index contributed by atoms with van der Waals surface area (Å²) in [5.41, 5.74) is 7.19. The molecule has 0 fully saturated rings. The molecule has 0 saturated heterocycles. The molecule has 0 heterocycles. The fourth-order valence-electron chi connectivity index (χ4n) is 3.18. The number of carboxylic acid groups (broad SMARTS) is 1. The number of rotatable bonds is 3. The highest BCUT2D eigenvalue weighted by molar-refractivity contribution is 6.05. The molecule has 0 amide bonds. The summed E-state index contributed by atoms with van der Waals surface area (Å²) in [5.74, 6) is -0.914. The molecule has 1 N–H and O–H groups in total. The van der Waals surface area contributed by atoms with E-state index in [-0.39, 0.29) is 0 Å². The van der Waals surface area contributed by atoms with Crippen LogP contribution in [0.5, 0.6) is 0 Å². The first-order valence-corrected chi connectivity index (χ1v) is 8.93. The monoisotopic (exact) mass is 358 g/mol. The van der Waals surface area contributed by atoms with Crippen LogP contribution in [-0.2, 0) is 0 Å². The fourth-order valence-corrected chi connectivity index (χ4v) is 3.18. The number of aryl methyl sites for hydroxylation is 2. The van der Waals surface area contributed by atoms with E-state index in [1.807, 2.05) is 44.7 Å². The second-order valence-electron chi connectivity index (χ2n) is 7.04. The number of aromatic carboxylic acids is 1. The van der Waals surface area contributed by atoms with Crippen LogP contribution in [0.2, 0.25) is 0 Å². The van der Waals surface area contributed by atoms with E-state index in [1.54, 1.807) is 6.07 Å². The lowest BCUT2D eigenvalue weighted by Gasteiger charge is -2.16. The smallest absolute Gasteiger partial charge is 0.336 e. The standard InChI is InChI=1S/C24H23NO2/c1-16-5-8-18(9-6-16)23(19-10-12-20(13-11-19)25(3)4)21-14-7-17(2)15-22(21)24(26)27/h5-15H,1-4H3/p+1. The third-order valence-corrected chi connectivity index (χ3v) is 4.69. The number of hydrogen-bond donors (Lipinski definition) is 1. The van der Waals surface area contributed by atoms with Gasteiger partial charge in [0.2, 0.25) is 0 Å². The minimum atomic E-state index is -0.914. The molecular weight excluding hydrogens is 334 g/mol. The Kier molecular flexibility index (Phi) is 5.22. The third-order valence-electron chi connectivity index (χ3n) is 4.69. The molecule has 2 aromatic carbocycles. The van der Waals surface area contributed by atoms with Crippen LogP contribution in [0.4, 0.5) is 0 Å². The van der Waals surface area contributed by atoms with Crippen molar-refractivity contribution in [3.63, 3.8) is 0 Å². The number of carboxylic acids is 1. The molecule has 0 aliphatic heterocycles. The van der Waals surface area contributed by atoms with Crippen LogP contribution in [0.15, 0.2) is 72.3 Å². The molecule has 0 unspecified atom stereocenters. The zero-order valence-electron chi connectivity index (χ0n) is 16.2. The van der Waals surface area contributed by atoms with Crippen LogP contribution >= 0.6 is 0 Å². The molecule has 0 bridgehead atoms. The van der Waals surface area contributed by atoms with E-state index in [0.717, 1.165) is 33.5 Å². The van der Waals surface area contributed by atoms with Crippen molar-refractivity contribution in [1.82, 2.24) is 0 Å². The van der Waals surface area contributed by atoms with Crippen LogP contribution in [0.25, 0.3) is 5.57 Å². The van der Waals surface area contributed by atoms with Gasteiger partial charge in [0, 0.05) is 12.2 Å². The number of hydrogen-bond acceptors (Lipinski definition) is 1. The molecule has 2 aromatic rings. The second kappa shape index (κ2) is 7.58. The van der Waals surface area contributed by atoms with Crippen molar-refractivity contribution in [2.24, 2.45) is 0 Å². The van der Waals surface area contributed by atoms with E-state index >= 15 is 0 Å². The summed E-state index contributed by atoms with van der Waals surface area (Å²) >= 11 is 0. The van der Waals surface area contributed by atoms with E-state index in [2.05, 4.69) is 48.6 Å². The minimum absolute atomic E-state index is 0.322. The molecule has 1 aliphatic rings. The zero-order chi connectivity index (χ0) is 19.6. The van der Waals surface area contributed by atoms with Crippen LogP contribution in [0.1, 0.15) is 32.6 Å². The van der Waals surface area contributed by atoms with Crippen molar-refractivity contribution in [3.05, 3.63) is 100 Å². The maximum Gasteiger partial charge on any atom is 0.336 e. The number of allylic oxidation sites excluding steroid dienone is 5. The maximum atomic E-state index is 11.9. The van der Waals surface area contributed by atoms with Gasteiger partial charge in [0.25, 0.3) is 0 Å². The summed E-state index contributed by atoms with van der Waals surface area (Å²) in [6, 6.07) is 13.8. The Balaban J connectivity index is 2.28. The summed E-state index contributed by atoms with van der Waals surface area (Å²) in [6.45, 7) is 3.96. The Morgan fingerprint density at radius 2 is 1.41 bits per heavy atom. The highest BCUT2D eigenvalue weighted by atomic mass is 16.4. The first-order chi connectivity index (χ1) is 12.9. The van der Waals surface area contributed by atoms with Crippen molar-refractivity contribution < 1.29 is 14.5 Å². The van der Waals surface area contributed by atoms with Crippen molar-refractivity contribution in [2.45, 2.75) is 13.8 Å². The van der Waals surface area contributed by atoms with Crippen molar-refractivity contribution in [2.75, 3.05) is 14.1 Å². The lowest BCUT2D eigenvalue weighted by atomic mass is 9.87. The molecule has 3 nitrogen and oxygen atoms in total. The number of carbonyl (C=O) groups is 1. The first kappa shape index (κ1) is 18.6. The van der Waals surface area contributed by atoms with Crippen LogP contribution < -0.4 is 0 Å². The summed E-state index contributed by atoms with van der Waals surface area (Å²) in [5, 5.41) is 9.77. The van der Waals surface area contributed by atoms with Crippen molar-refractivity contribution >= 4 is 17.3 Å². The maximum absolute atomic E-state index is 11.9. The average molecular weight is 358 g/mol. The van der Waals surface area contributed by atoms with Crippen molar-refractivity contribution in [3.8, 4) is 0 Å². The van der Waals surface area contributed by atoms with Crippen LogP contribution in [-0.4, -0.2) is 35.5 Å². The summed E-state index contributed by atoms with van der Waals surface area (Å²) in [6.07, 6.45) is 8.21. The quantitative estimate of drug-likeness (QED) is 0.812. The first-order valence-electron chi connectivity index (χ1n) is 8.93. The predicted octanol–water partition coefficient (Wildman–Crippen LogP) is 4.64. The summed E-state index contributed by atoms with van der Waals surface area (Å²) < 4.78 is 2.05. The zero-order valence-corrected chi connectivity index (χ0v) is 16.2. The van der Waals surface area contributed by atoms with Gasteiger partial charge < -0.3 is 5.11 Å². The summed E-state index contributed by atoms with van der Waals surface area (Å²) in [7, 11) is 4.00. The highest BCUT2D eigenvalue weighted by Crippen LogP contribution is 2.32. The number of nitrogens with zero attached hydrogens (tertiary/aromatic N) is 1. The lowest BCUT2D eigenvalue weighted by molar-refractivity contribution is -0.462. The average Bonchev–Trinajstić information content (AvgIpc) is 2.65. The van der Waals surface area contributed by atoms with E-state index in [4.69, 9.17) is 0 Å². The normalized spacial score (nSPS) is 13.0. The Morgan fingerprint density at radius 1 is 0.815 bits per heavy atom. The fraction of sp³-hybridized carbons (Fsp3) is 0.167. The molecule has 136 valence electrons. The Labute approximate surface area is 160 Å². The molecule has 1 aliphatic carbocycles. The lowest BCUT2D eigenvalue weighted by Crippen LogP contribution is -2.10. The largest absolute Gasteiger partial charge is 0.478 e. The predicted molar refractivity (Wildman–Crippen MR) is 111 cm³/mol. The summed E-state index contributed by atoms with van der Waals surface area (Å²) in [4.78, 5) is 11.9. The van der Waals surface area contributed by atoms with E-state index in [0.29, 0.717) is 5.56 Å². The van der Waals surface area contributed by atoms with Gasteiger partial charge in [0.15, 0.2) is 5.71 Å². The van der Waals surface area contributed by atoms with Gasteiger partial charge in [-0.2, -0.15) is 0 Å². The van der Waals surface area contributed by atoms with E-state index in [1.165, 1.54) is 5.56 Å². The van der Waals surface area contributed by atoms with Gasteiger partial charge >= 0.3 is 5.97 Å². The van der Waals surface area contributed by atoms with Gasteiger partial charge in [0.1, 0.15) is 14.1 Å². The molecule has 0 atom stereocenters. The molecule has 27 heavy (non-hydrogen) atoms. The second-order valence-corrected chi connectivity index (χ2v) is 7.04. The molecule has 0 aromatic heterocycles. The molecule has 0 spiro atoms. The molecule has 3 rings (SSSR count). The topological polar surface area (TPSA) is 40.3 Å². The Hall–Kier alpha value is -3.20. The molecule has 3 heteroatoms. The van der Waals surface area contributed by atoms with Gasteiger partial charge in [-0.1, -0.05) is 47.5 Å². The number of benzene rings is 2. The van der Waals surface area contributed by atoms with Crippen LogP contribution in [0, 0.1) is 13.8 Å². The van der Waals surface area contributed by atoms with Gasteiger partial charge in [-0.25, -0.2) is 9.37 Å². The SMILES string of the molecule is Cc1ccc(C(=C2C=CC(=[N+](C)C)C=C2)c2ccc(C)cc2C(=O)O)cc1. The van der Waals surface area contributed by atoms with Crippen molar-refractivity contribution in [1.29, 1.82) is 0 Å². The van der Waals surface area contributed by atoms with Gasteiger partial charge in [0.05, 0.1) is 5.56 Å². The molecule has 0 saturated carbocycles. The Morgan fingerprint density at radius 3 is 1.96 bits per heavy atom. The molecule has 0 radical (unpaired) electrons. The Bertz CT molecular complexity index is 997. The minimum Gasteiger partial charge on any atom is -0.478 e. The van der Waals surface area contributed by atoms with E-state index < -0.39 is 5.97 Å².